The topological polar surface area (TPSA) is 213 Å². The van der Waals surface area contributed by atoms with E-state index in [1.54, 1.807) is 47.4 Å². The van der Waals surface area contributed by atoms with Gasteiger partial charge in [0.05, 0.1) is 51.0 Å². The number of carbonyl (C=O) groups excluding carboxylic acids is 1. The van der Waals surface area contributed by atoms with E-state index in [0.717, 1.165) is 4.68 Å². The summed E-state index contributed by atoms with van der Waals surface area (Å²) in [5, 5.41) is 25.7. The summed E-state index contributed by atoms with van der Waals surface area (Å²) in [5.41, 5.74) is 1.48. The summed E-state index contributed by atoms with van der Waals surface area (Å²) in [4.78, 5) is 14.1. The van der Waals surface area contributed by atoms with Crippen molar-refractivity contribution in [3.8, 4) is 23.0 Å². The number of amides is 1. The van der Waals surface area contributed by atoms with Crippen LogP contribution in [-0.2, 0) is 25.0 Å². The van der Waals surface area contributed by atoms with Crippen LogP contribution in [0.2, 0.25) is 25.1 Å². The first-order valence-electron chi connectivity index (χ1n) is 15.5. The van der Waals surface area contributed by atoms with Gasteiger partial charge in [0.1, 0.15) is 28.7 Å². The molecular formula is C32H28Cl5K2N7O7S2. The quantitative estimate of drug-likeness (QED) is 0.0433. The minimum atomic E-state index is -4.43. The fourth-order valence-electron chi connectivity index (χ4n) is 5.07. The number of rotatable bonds is 16. The second-order valence-electron chi connectivity index (χ2n) is 11.4. The molecule has 1 heterocycles. The number of hydrogen-bond donors (Lipinski definition) is 1. The zero-order valence-corrected chi connectivity index (χ0v) is 41.2. The normalized spacial score (nSPS) is 11.5. The van der Waals surface area contributed by atoms with Crippen LogP contribution in [0.4, 0.5) is 22.9 Å². The number of anilines is 2. The minimum absolute atomic E-state index is 0. The molecule has 0 fully saturated rings. The Kier molecular flexibility index (Phi) is 21.2. The van der Waals surface area contributed by atoms with Gasteiger partial charge in [-0.15, -0.1) is 10.2 Å². The molecule has 0 saturated carbocycles. The molecule has 4 aromatic rings. The summed E-state index contributed by atoms with van der Waals surface area (Å²) in [6, 6.07) is 15.5. The Balaban J connectivity index is 0.00000523. The molecule has 0 atom stereocenters. The van der Waals surface area contributed by atoms with Gasteiger partial charge in [0.15, 0.2) is 5.82 Å². The third kappa shape index (κ3) is 14.5. The van der Waals surface area contributed by atoms with Crippen molar-refractivity contribution in [3.05, 3.63) is 79.2 Å². The molecule has 0 bridgehead atoms. The van der Waals surface area contributed by atoms with Crippen molar-refractivity contribution in [2.75, 3.05) is 34.8 Å². The van der Waals surface area contributed by atoms with Gasteiger partial charge < -0.3 is 19.3 Å². The molecule has 14 nitrogen and oxygen atoms in total. The smallest absolute Gasteiger partial charge is 0.748 e. The van der Waals surface area contributed by atoms with Gasteiger partial charge in [0.2, 0.25) is 5.91 Å². The maximum Gasteiger partial charge on any atom is 1.00 e. The summed E-state index contributed by atoms with van der Waals surface area (Å²) >= 11 is 32.2. The number of hydrogen-bond acceptors (Lipinski definition) is 12. The summed E-state index contributed by atoms with van der Waals surface area (Å²) in [5.74, 6) is -1.73. The Morgan fingerprint density at radius 2 is 1.36 bits per heavy atom. The summed E-state index contributed by atoms with van der Waals surface area (Å²) < 4.78 is 67.9. The number of azo groups is 1. The van der Waals surface area contributed by atoms with Gasteiger partial charge in [-0.05, 0) is 43.9 Å². The number of nitrogens with one attached hydrogen (secondary N) is 1. The monoisotopic (exact) mass is 939 g/mol. The molecule has 0 aliphatic carbocycles. The molecule has 23 heteroatoms. The predicted octanol–water partition coefficient (Wildman–Crippen LogP) is 2.52. The zero-order valence-electron chi connectivity index (χ0n) is 29.5. The first kappa shape index (κ1) is 50.9. The van der Waals surface area contributed by atoms with Crippen LogP contribution in [0.3, 0.4) is 0 Å². The van der Waals surface area contributed by atoms with E-state index in [-0.39, 0.29) is 201 Å². The van der Waals surface area contributed by atoms with Crippen molar-refractivity contribution < 1.29 is 134 Å². The molecule has 1 amide bonds. The van der Waals surface area contributed by atoms with Crippen LogP contribution in [0, 0.1) is 11.3 Å². The van der Waals surface area contributed by atoms with Gasteiger partial charge in [-0.2, -0.15) is 10.4 Å². The predicted molar refractivity (Wildman–Crippen MR) is 203 cm³/mol. The maximum atomic E-state index is 12.3. The number of halogens is 5. The zero-order chi connectivity index (χ0) is 39.1. The largest absolute Gasteiger partial charge is 1.00 e. The van der Waals surface area contributed by atoms with E-state index in [1.165, 1.54) is 13.0 Å². The Morgan fingerprint density at radius 3 is 1.85 bits per heavy atom. The van der Waals surface area contributed by atoms with Gasteiger partial charge in [0.25, 0.3) is 0 Å². The van der Waals surface area contributed by atoms with E-state index in [1.807, 2.05) is 0 Å². The fraction of sp³-hybridized carbons (Fsp3) is 0.281. The van der Waals surface area contributed by atoms with Gasteiger partial charge in [-0.25, -0.2) is 21.5 Å². The maximum absolute atomic E-state index is 12.3. The minimum Gasteiger partial charge on any atom is -0.748 e. The molecule has 0 spiro atoms. The third-order valence-corrected chi connectivity index (χ3v) is 11.3. The first-order chi connectivity index (χ1) is 24.9. The van der Waals surface area contributed by atoms with Crippen molar-refractivity contribution in [1.82, 2.24) is 9.78 Å². The van der Waals surface area contributed by atoms with Gasteiger partial charge in [-0.3, -0.25) is 4.79 Å². The van der Waals surface area contributed by atoms with Crippen molar-refractivity contribution in [2.24, 2.45) is 10.2 Å². The fourth-order valence-corrected chi connectivity index (χ4v) is 7.47. The Hall–Kier alpha value is -0.227. The van der Waals surface area contributed by atoms with Gasteiger partial charge in [0, 0.05) is 42.8 Å². The number of unbranched alkanes of at least 4 members (excludes halogenated alkanes) is 2. The number of nitriles is 1. The summed E-state index contributed by atoms with van der Waals surface area (Å²) in [7, 11) is -8.86. The molecule has 3 aromatic carbocycles. The molecule has 1 aromatic heterocycles. The second kappa shape index (κ2) is 23.0. The number of nitrogens with zero attached hydrogens (tertiary/aromatic N) is 6. The van der Waals surface area contributed by atoms with Crippen LogP contribution in [-0.4, -0.2) is 66.2 Å². The Morgan fingerprint density at radius 1 is 0.836 bits per heavy atom. The van der Waals surface area contributed by atoms with Crippen LogP contribution in [0.25, 0.3) is 16.9 Å². The van der Waals surface area contributed by atoms with Crippen molar-refractivity contribution in [1.29, 1.82) is 5.26 Å². The van der Waals surface area contributed by atoms with E-state index in [9.17, 15) is 36.0 Å². The van der Waals surface area contributed by atoms with E-state index in [0.29, 0.717) is 11.3 Å². The third-order valence-electron chi connectivity index (χ3n) is 7.47. The first-order valence-corrected chi connectivity index (χ1v) is 20.5. The molecule has 282 valence electrons. The molecule has 4 rings (SSSR count). The molecule has 0 unspecified atom stereocenters. The van der Waals surface area contributed by atoms with Crippen LogP contribution >= 0.6 is 58.0 Å². The molecule has 0 aliphatic rings. The van der Waals surface area contributed by atoms with Crippen LogP contribution in [0.5, 0.6) is 0 Å². The van der Waals surface area contributed by atoms with E-state index in [2.05, 4.69) is 26.7 Å². The van der Waals surface area contributed by atoms with Crippen molar-refractivity contribution >= 4 is 107 Å². The molecule has 55 heavy (non-hydrogen) atoms. The van der Waals surface area contributed by atoms with E-state index < -0.39 is 37.6 Å². The standard InChI is InChI=1S/C32H30Cl5N7O7S2.2K/c1-19(45)39-24-17-21(43(13-5-7-15-52(46,47)48)14-6-8-16-53(49,50)51)11-12-23(24)40-41-32-22(18-38)30(20-9-3-2-4-10-20)42-44(32)31-28(36)26(34)25(33)27(35)29(31)37;;/h2-4,9-12,17H,5-8,13-16H2,1H3,(H,39,45)(H,46,47,48)(H,49,50,51);;/q;2*+1/p-2. The molecule has 0 saturated heterocycles. The average Bonchev–Trinajstić information content (AvgIpc) is 3.45. The van der Waals surface area contributed by atoms with Crippen molar-refractivity contribution in [2.45, 2.75) is 32.6 Å². The van der Waals surface area contributed by atoms with E-state index in [4.69, 9.17) is 58.0 Å². The van der Waals surface area contributed by atoms with E-state index >= 15 is 0 Å². The molecule has 1 N–H and O–H groups in total. The van der Waals surface area contributed by atoms with Gasteiger partial charge in [-0.1, -0.05) is 88.3 Å². The van der Waals surface area contributed by atoms with Crippen LogP contribution in [0.1, 0.15) is 38.2 Å². The van der Waals surface area contributed by atoms with Crippen molar-refractivity contribution in [3.63, 3.8) is 0 Å². The molecule has 0 aliphatic heterocycles. The second-order valence-corrected chi connectivity index (χ2v) is 16.3. The van der Waals surface area contributed by atoms with Crippen LogP contribution in [0.15, 0.2) is 58.8 Å². The molecule has 0 radical (unpaired) electrons. The number of carbonyl (C=O) groups is 1. The Labute approximate surface area is 428 Å². The van der Waals surface area contributed by atoms with Crippen LogP contribution < -0.4 is 113 Å². The van der Waals surface area contributed by atoms with Gasteiger partial charge >= 0.3 is 103 Å². The molecular weight excluding hydrogens is 914 g/mol. The summed E-state index contributed by atoms with van der Waals surface area (Å²) in [6.07, 6.45) is 0.708. The Bertz CT molecular complexity index is 2240. The number of aromatic nitrogens is 2. The SMILES string of the molecule is CC(=O)Nc1cc(N(CCCCS(=O)(=O)[O-])CCCCS(=O)(=O)[O-])ccc1N=Nc1c(C#N)c(-c2ccccc2)nn1-c1c(Cl)c(Cl)c(Cl)c(Cl)c1Cl.[K+].[K+]. The average molecular weight is 942 g/mol. The number of benzene rings is 3. The summed E-state index contributed by atoms with van der Waals surface area (Å²) in [6.45, 7) is 1.77.